The summed E-state index contributed by atoms with van der Waals surface area (Å²) in [6, 6.07) is 13.1. The van der Waals surface area contributed by atoms with Crippen molar-refractivity contribution in [1.82, 2.24) is 5.32 Å². The second-order valence-electron chi connectivity index (χ2n) is 5.44. The summed E-state index contributed by atoms with van der Waals surface area (Å²) < 4.78 is 5.27. The Morgan fingerprint density at radius 1 is 1.05 bits per heavy atom. The normalized spacial score (nSPS) is 16.7. The predicted molar refractivity (Wildman–Crippen MR) is 79.8 cm³/mol. The first-order chi connectivity index (χ1) is 9.35. The lowest BCUT2D eigenvalue weighted by Gasteiger charge is -2.22. The first kappa shape index (κ1) is 12.5. The molecule has 2 aromatic rings. The molecule has 1 N–H and O–H groups in total. The van der Waals surface area contributed by atoms with Gasteiger partial charge in [0.05, 0.1) is 7.11 Å². The van der Waals surface area contributed by atoms with Gasteiger partial charge in [-0.2, -0.15) is 0 Å². The van der Waals surface area contributed by atoms with Crippen molar-refractivity contribution < 1.29 is 4.74 Å². The van der Waals surface area contributed by atoms with E-state index in [4.69, 9.17) is 4.74 Å². The lowest BCUT2D eigenvalue weighted by atomic mass is 9.90. The lowest BCUT2D eigenvalue weighted by Crippen LogP contribution is -2.28. The van der Waals surface area contributed by atoms with Gasteiger partial charge in [-0.05, 0) is 66.7 Å². The molecule has 3 rings (SSSR count). The van der Waals surface area contributed by atoms with E-state index < -0.39 is 0 Å². The summed E-state index contributed by atoms with van der Waals surface area (Å²) in [6.45, 7) is 2.35. The maximum absolute atomic E-state index is 5.27. The SMILES string of the molecule is COc1ccc2cc(CC3CCNCC3)ccc2c1. The van der Waals surface area contributed by atoms with Gasteiger partial charge < -0.3 is 10.1 Å². The zero-order chi connectivity index (χ0) is 13.1. The van der Waals surface area contributed by atoms with Crippen LogP contribution in [0.2, 0.25) is 0 Å². The van der Waals surface area contributed by atoms with E-state index in [1.54, 1.807) is 7.11 Å². The van der Waals surface area contributed by atoms with Crippen LogP contribution in [0.15, 0.2) is 36.4 Å². The van der Waals surface area contributed by atoms with E-state index in [1.165, 1.54) is 48.7 Å². The smallest absolute Gasteiger partial charge is 0.119 e. The Morgan fingerprint density at radius 2 is 1.79 bits per heavy atom. The Labute approximate surface area is 114 Å². The third kappa shape index (κ3) is 2.90. The van der Waals surface area contributed by atoms with Gasteiger partial charge in [0.25, 0.3) is 0 Å². The summed E-state index contributed by atoms with van der Waals surface area (Å²) in [4.78, 5) is 0. The van der Waals surface area contributed by atoms with E-state index in [2.05, 4.69) is 35.6 Å². The molecule has 1 heterocycles. The van der Waals surface area contributed by atoms with Crippen molar-refractivity contribution in [2.24, 2.45) is 5.92 Å². The van der Waals surface area contributed by atoms with Gasteiger partial charge in [-0.15, -0.1) is 0 Å². The summed E-state index contributed by atoms with van der Waals surface area (Å²) in [5, 5.41) is 6.00. The number of rotatable bonds is 3. The Bertz CT molecular complexity index is 558. The number of benzene rings is 2. The average molecular weight is 255 g/mol. The van der Waals surface area contributed by atoms with Crippen LogP contribution in [0.3, 0.4) is 0 Å². The maximum Gasteiger partial charge on any atom is 0.119 e. The van der Waals surface area contributed by atoms with Crippen molar-refractivity contribution in [3.05, 3.63) is 42.0 Å². The molecule has 0 atom stereocenters. The van der Waals surface area contributed by atoms with E-state index in [-0.39, 0.29) is 0 Å². The van der Waals surface area contributed by atoms with Crippen molar-refractivity contribution in [2.45, 2.75) is 19.3 Å². The molecule has 1 aliphatic heterocycles. The summed E-state index contributed by atoms with van der Waals surface area (Å²) >= 11 is 0. The summed E-state index contributed by atoms with van der Waals surface area (Å²) in [5.41, 5.74) is 1.46. The van der Waals surface area contributed by atoms with Crippen molar-refractivity contribution in [3.8, 4) is 5.75 Å². The van der Waals surface area contributed by atoms with Crippen LogP contribution in [0.1, 0.15) is 18.4 Å². The summed E-state index contributed by atoms with van der Waals surface area (Å²) in [6.07, 6.45) is 3.82. The quantitative estimate of drug-likeness (QED) is 0.907. The number of methoxy groups -OCH3 is 1. The van der Waals surface area contributed by atoms with E-state index >= 15 is 0 Å². The molecule has 2 aromatic carbocycles. The minimum atomic E-state index is 0.844. The van der Waals surface area contributed by atoms with Crippen LogP contribution < -0.4 is 10.1 Å². The highest BCUT2D eigenvalue weighted by Crippen LogP contribution is 2.24. The monoisotopic (exact) mass is 255 g/mol. The number of piperidine rings is 1. The van der Waals surface area contributed by atoms with Crippen LogP contribution in [0.4, 0.5) is 0 Å². The molecular weight excluding hydrogens is 234 g/mol. The Balaban J connectivity index is 1.80. The molecule has 1 aliphatic rings. The first-order valence-electron chi connectivity index (χ1n) is 7.12. The van der Waals surface area contributed by atoms with Gasteiger partial charge in [0.15, 0.2) is 0 Å². The molecule has 0 saturated carbocycles. The zero-order valence-electron chi connectivity index (χ0n) is 11.5. The van der Waals surface area contributed by atoms with Crippen LogP contribution in [0.25, 0.3) is 10.8 Å². The summed E-state index contributed by atoms with van der Waals surface area (Å²) in [5.74, 6) is 1.77. The molecule has 1 fully saturated rings. The molecule has 2 nitrogen and oxygen atoms in total. The third-order valence-electron chi connectivity index (χ3n) is 4.09. The second-order valence-corrected chi connectivity index (χ2v) is 5.44. The van der Waals surface area contributed by atoms with Gasteiger partial charge in [-0.25, -0.2) is 0 Å². The van der Waals surface area contributed by atoms with Crippen molar-refractivity contribution in [2.75, 3.05) is 20.2 Å². The van der Waals surface area contributed by atoms with Crippen LogP contribution in [-0.4, -0.2) is 20.2 Å². The molecule has 100 valence electrons. The van der Waals surface area contributed by atoms with Gasteiger partial charge in [-0.1, -0.05) is 24.3 Å². The fourth-order valence-electron chi connectivity index (χ4n) is 2.95. The van der Waals surface area contributed by atoms with Gasteiger partial charge in [-0.3, -0.25) is 0 Å². The number of hydrogen-bond acceptors (Lipinski definition) is 2. The topological polar surface area (TPSA) is 21.3 Å². The zero-order valence-corrected chi connectivity index (χ0v) is 11.5. The first-order valence-corrected chi connectivity index (χ1v) is 7.12. The Hall–Kier alpha value is -1.54. The van der Waals surface area contributed by atoms with E-state index in [1.807, 2.05) is 6.07 Å². The molecule has 0 radical (unpaired) electrons. The van der Waals surface area contributed by atoms with Crippen molar-refractivity contribution >= 4 is 10.8 Å². The standard InChI is InChI=1S/C17H21NO/c1-19-17-5-4-15-11-14(2-3-16(15)12-17)10-13-6-8-18-9-7-13/h2-5,11-13,18H,6-10H2,1H3. The third-order valence-corrected chi connectivity index (χ3v) is 4.09. The minimum Gasteiger partial charge on any atom is -0.497 e. The predicted octanol–water partition coefficient (Wildman–Crippen LogP) is 3.39. The molecular formula is C17H21NO. The Morgan fingerprint density at radius 3 is 2.58 bits per heavy atom. The summed E-state index contributed by atoms with van der Waals surface area (Å²) in [7, 11) is 1.71. The Kier molecular flexibility index (Phi) is 3.69. The van der Waals surface area contributed by atoms with Gasteiger partial charge in [0.1, 0.15) is 5.75 Å². The van der Waals surface area contributed by atoms with Crippen LogP contribution >= 0.6 is 0 Å². The van der Waals surface area contributed by atoms with E-state index in [0.29, 0.717) is 0 Å². The number of nitrogens with one attached hydrogen (secondary N) is 1. The lowest BCUT2D eigenvalue weighted by molar-refractivity contribution is 0.373. The van der Waals surface area contributed by atoms with Crippen molar-refractivity contribution in [1.29, 1.82) is 0 Å². The highest BCUT2D eigenvalue weighted by Gasteiger charge is 2.13. The highest BCUT2D eigenvalue weighted by atomic mass is 16.5. The molecule has 0 aliphatic carbocycles. The van der Waals surface area contributed by atoms with Crippen LogP contribution in [-0.2, 0) is 6.42 Å². The maximum atomic E-state index is 5.27. The fourth-order valence-corrected chi connectivity index (χ4v) is 2.95. The van der Waals surface area contributed by atoms with Crippen molar-refractivity contribution in [3.63, 3.8) is 0 Å². The van der Waals surface area contributed by atoms with Crippen LogP contribution in [0, 0.1) is 5.92 Å². The van der Waals surface area contributed by atoms with Gasteiger partial charge >= 0.3 is 0 Å². The average Bonchev–Trinajstić information content (AvgIpc) is 2.48. The number of fused-ring (bicyclic) bond motifs is 1. The number of hydrogen-bond donors (Lipinski definition) is 1. The second kappa shape index (κ2) is 5.62. The molecule has 0 aromatic heterocycles. The fraction of sp³-hybridized carbons (Fsp3) is 0.412. The molecule has 2 heteroatoms. The van der Waals surface area contributed by atoms with Crippen LogP contribution in [0.5, 0.6) is 5.75 Å². The van der Waals surface area contributed by atoms with Gasteiger partial charge in [0.2, 0.25) is 0 Å². The largest absolute Gasteiger partial charge is 0.497 e. The molecule has 0 spiro atoms. The van der Waals surface area contributed by atoms with E-state index in [0.717, 1.165) is 11.7 Å². The molecule has 1 saturated heterocycles. The molecule has 0 amide bonds. The molecule has 0 bridgehead atoms. The van der Waals surface area contributed by atoms with Gasteiger partial charge in [0, 0.05) is 0 Å². The molecule has 0 unspecified atom stereocenters. The highest BCUT2D eigenvalue weighted by molar-refractivity contribution is 5.84. The number of ether oxygens (including phenoxy) is 1. The molecule has 19 heavy (non-hydrogen) atoms. The van der Waals surface area contributed by atoms with E-state index in [9.17, 15) is 0 Å². The minimum absolute atomic E-state index is 0.844.